The predicted molar refractivity (Wildman–Crippen MR) is 125 cm³/mol. The summed E-state index contributed by atoms with van der Waals surface area (Å²) in [5, 5.41) is 8.17. The standard InChI is InChI=1S/C12H19NO4.C6H9NO.C6H9O3/c1-9(2)12(15)17-8-7-16-10(3)13-6-4-5-11(13)14;1-2-7-5-3-4-6(7)8;1-5(2)6(8)9-4-3-7/h10H,1,4-8H2,2-3H3;2H,1,3-5H2;1,7H,3-4H2,2H3/q;;+1. The summed E-state index contributed by atoms with van der Waals surface area (Å²) >= 11 is 0. The SMILES string of the molecule is C=C(C)C(=O)OCCOC(C)N1CCCC1=O.C=CN1CCCC1=O.[CH+]=C(C)C(=O)OCCO. The lowest BCUT2D eigenvalue weighted by atomic mass is 10.4. The van der Waals surface area contributed by atoms with E-state index in [0.717, 1.165) is 25.9 Å². The van der Waals surface area contributed by atoms with Crippen LogP contribution in [0, 0.1) is 6.58 Å². The van der Waals surface area contributed by atoms with Crippen LogP contribution in [0.15, 0.2) is 30.5 Å². The van der Waals surface area contributed by atoms with E-state index in [1.165, 1.54) is 6.92 Å². The number of esters is 2. The molecule has 0 radical (unpaired) electrons. The molecule has 2 fully saturated rings. The van der Waals surface area contributed by atoms with E-state index in [-0.39, 0.29) is 50.0 Å². The number of carbonyl (C=O) groups excluding carboxylic acids is 4. The second-order valence-corrected chi connectivity index (χ2v) is 7.49. The molecule has 0 saturated carbocycles. The van der Waals surface area contributed by atoms with Crippen LogP contribution in [0.3, 0.4) is 0 Å². The van der Waals surface area contributed by atoms with Crippen LogP contribution in [0.25, 0.3) is 0 Å². The zero-order valence-corrected chi connectivity index (χ0v) is 20.4. The minimum absolute atomic E-state index is 0.00731. The van der Waals surface area contributed by atoms with Gasteiger partial charge in [0.1, 0.15) is 19.4 Å². The van der Waals surface area contributed by atoms with Crippen molar-refractivity contribution < 1.29 is 38.5 Å². The smallest absolute Gasteiger partial charge is 0.460 e. The molecule has 1 atom stereocenters. The maximum absolute atomic E-state index is 11.4. The molecular weight excluding hydrogens is 444 g/mol. The lowest BCUT2D eigenvalue weighted by Crippen LogP contribution is -2.36. The maximum atomic E-state index is 11.4. The third kappa shape index (κ3) is 12.8. The number of amides is 2. The fourth-order valence-corrected chi connectivity index (χ4v) is 2.73. The largest absolute Gasteiger partial charge is 0.487 e. The Hall–Kier alpha value is -3.07. The van der Waals surface area contributed by atoms with Crippen LogP contribution in [-0.2, 0) is 33.4 Å². The average molecular weight is 482 g/mol. The number of hydrogen-bond donors (Lipinski definition) is 1. The number of hydrogen-bond acceptors (Lipinski definition) is 8. The third-order valence-corrected chi connectivity index (χ3v) is 4.55. The van der Waals surface area contributed by atoms with Gasteiger partial charge in [-0.05, 0) is 32.9 Å². The molecule has 190 valence electrons. The lowest BCUT2D eigenvalue weighted by Gasteiger charge is -2.24. The Morgan fingerprint density at radius 1 is 1.06 bits per heavy atom. The first-order valence-corrected chi connectivity index (χ1v) is 11.1. The average Bonchev–Trinajstić information content (AvgIpc) is 3.42. The molecule has 0 spiro atoms. The first kappa shape index (κ1) is 30.9. The van der Waals surface area contributed by atoms with Crippen molar-refractivity contribution in [3.63, 3.8) is 0 Å². The monoisotopic (exact) mass is 481 g/mol. The third-order valence-electron chi connectivity index (χ3n) is 4.55. The van der Waals surface area contributed by atoms with Gasteiger partial charge in [0, 0.05) is 38.4 Å². The van der Waals surface area contributed by atoms with E-state index in [4.69, 9.17) is 21.2 Å². The second-order valence-electron chi connectivity index (χ2n) is 7.49. The van der Waals surface area contributed by atoms with Crippen molar-refractivity contribution in [3.8, 4) is 0 Å². The first-order chi connectivity index (χ1) is 16.0. The van der Waals surface area contributed by atoms with E-state index in [1.807, 2.05) is 6.92 Å². The van der Waals surface area contributed by atoms with Crippen molar-refractivity contribution >= 4 is 23.8 Å². The molecule has 10 heteroatoms. The number of likely N-dealkylation sites (tertiary alicyclic amines) is 2. The van der Waals surface area contributed by atoms with Crippen molar-refractivity contribution in [1.29, 1.82) is 0 Å². The quantitative estimate of drug-likeness (QED) is 0.217. The number of aliphatic hydroxyl groups is 1. The molecule has 2 saturated heterocycles. The molecule has 34 heavy (non-hydrogen) atoms. The van der Waals surface area contributed by atoms with E-state index in [2.05, 4.69) is 17.9 Å². The van der Waals surface area contributed by atoms with Gasteiger partial charge in [-0.2, -0.15) is 0 Å². The van der Waals surface area contributed by atoms with Crippen molar-refractivity contribution in [3.05, 3.63) is 37.1 Å². The van der Waals surface area contributed by atoms with Gasteiger partial charge in [0.05, 0.1) is 19.8 Å². The number of carbonyl (C=O) groups is 4. The van der Waals surface area contributed by atoms with Gasteiger partial charge in [0.2, 0.25) is 17.4 Å². The summed E-state index contributed by atoms with van der Waals surface area (Å²) in [6.45, 7) is 18.8. The number of nitrogens with zero attached hydrogens (tertiary/aromatic N) is 2. The minimum Gasteiger partial charge on any atom is -0.460 e. The minimum atomic E-state index is -0.566. The molecule has 2 aliphatic heterocycles. The van der Waals surface area contributed by atoms with E-state index in [1.54, 1.807) is 22.9 Å². The highest BCUT2D eigenvalue weighted by Crippen LogP contribution is 2.14. The van der Waals surface area contributed by atoms with Crippen LogP contribution in [0.2, 0.25) is 0 Å². The van der Waals surface area contributed by atoms with E-state index >= 15 is 0 Å². The molecule has 1 N–H and O–H groups in total. The Kier molecular flexibility index (Phi) is 15.8. The van der Waals surface area contributed by atoms with Crippen molar-refractivity contribution in [1.82, 2.24) is 9.80 Å². The highest BCUT2D eigenvalue weighted by Gasteiger charge is 2.25. The molecule has 0 aromatic carbocycles. The highest BCUT2D eigenvalue weighted by atomic mass is 16.6. The summed E-state index contributed by atoms with van der Waals surface area (Å²) < 4.78 is 14.7. The number of aliphatic hydroxyl groups excluding tert-OH is 1. The molecule has 2 heterocycles. The van der Waals surface area contributed by atoms with Gasteiger partial charge in [0.25, 0.3) is 0 Å². The summed E-state index contributed by atoms with van der Waals surface area (Å²) in [5.41, 5.74) is 0.469. The van der Waals surface area contributed by atoms with Gasteiger partial charge in [-0.3, -0.25) is 9.59 Å². The van der Waals surface area contributed by atoms with Gasteiger partial charge in [0.15, 0.2) is 0 Å². The van der Waals surface area contributed by atoms with Gasteiger partial charge >= 0.3 is 11.9 Å². The van der Waals surface area contributed by atoms with Gasteiger partial charge < -0.3 is 29.1 Å². The second kappa shape index (κ2) is 17.4. The summed E-state index contributed by atoms with van der Waals surface area (Å²) in [6.07, 6.45) is 4.51. The Bertz CT molecular complexity index is 734. The fourth-order valence-electron chi connectivity index (χ4n) is 2.73. The molecule has 2 aliphatic rings. The van der Waals surface area contributed by atoms with Crippen LogP contribution in [0.4, 0.5) is 0 Å². The lowest BCUT2D eigenvalue weighted by molar-refractivity contribution is -0.147. The molecule has 1 unspecified atom stereocenters. The van der Waals surface area contributed by atoms with Crippen molar-refractivity contribution in [2.24, 2.45) is 0 Å². The summed E-state index contributed by atoms with van der Waals surface area (Å²) in [7, 11) is 0. The van der Waals surface area contributed by atoms with Crippen molar-refractivity contribution in [2.75, 3.05) is 39.5 Å². The molecule has 0 aliphatic carbocycles. The predicted octanol–water partition coefficient (Wildman–Crippen LogP) is 1.74. The van der Waals surface area contributed by atoms with Gasteiger partial charge in [-0.25, -0.2) is 4.79 Å². The molecule has 2 amide bonds. The van der Waals surface area contributed by atoms with Crippen LogP contribution in [0.5, 0.6) is 0 Å². The summed E-state index contributed by atoms with van der Waals surface area (Å²) in [4.78, 5) is 46.9. The zero-order chi connectivity index (χ0) is 26.1. The first-order valence-electron chi connectivity index (χ1n) is 11.1. The summed E-state index contributed by atoms with van der Waals surface area (Å²) in [5.74, 6) is -0.654. The zero-order valence-electron chi connectivity index (χ0n) is 20.4. The number of rotatable bonds is 10. The molecular formula is C24H37N2O8+. The Labute approximate surface area is 201 Å². The van der Waals surface area contributed by atoms with E-state index < -0.39 is 11.9 Å². The maximum Gasteiger partial charge on any atom is 0.487 e. The molecule has 10 nitrogen and oxygen atoms in total. The molecule has 0 aromatic heterocycles. The Morgan fingerprint density at radius 2 is 1.65 bits per heavy atom. The van der Waals surface area contributed by atoms with E-state index in [9.17, 15) is 19.2 Å². The summed E-state index contributed by atoms with van der Waals surface area (Å²) in [6, 6.07) is 0. The fraction of sp³-hybridized carbons (Fsp3) is 0.583. The molecule has 0 aromatic rings. The normalized spacial score (nSPS) is 15.4. The Morgan fingerprint density at radius 3 is 2.06 bits per heavy atom. The molecule has 0 bridgehead atoms. The van der Waals surface area contributed by atoms with Crippen LogP contribution >= 0.6 is 0 Å². The van der Waals surface area contributed by atoms with E-state index in [0.29, 0.717) is 18.4 Å². The number of ether oxygens (including phenoxy) is 3. The highest BCUT2D eigenvalue weighted by molar-refractivity contribution is 5.87. The van der Waals surface area contributed by atoms with Crippen molar-refractivity contribution in [2.45, 2.75) is 52.7 Å². The van der Waals surface area contributed by atoms with Crippen LogP contribution < -0.4 is 0 Å². The topological polar surface area (TPSA) is 123 Å². The Balaban J connectivity index is 0.000000537. The van der Waals surface area contributed by atoms with Crippen LogP contribution in [0.1, 0.15) is 46.5 Å². The van der Waals surface area contributed by atoms with Gasteiger partial charge in [-0.1, -0.05) is 13.2 Å². The van der Waals surface area contributed by atoms with Crippen LogP contribution in [-0.4, -0.2) is 84.4 Å². The molecule has 2 rings (SSSR count). The van der Waals surface area contributed by atoms with Gasteiger partial charge in [-0.15, -0.1) is 4.79 Å².